The Morgan fingerprint density at radius 1 is 1.47 bits per heavy atom. The van der Waals surface area contributed by atoms with Gasteiger partial charge in [-0.3, -0.25) is 4.79 Å². The van der Waals surface area contributed by atoms with E-state index in [1.807, 2.05) is 6.26 Å². The molecule has 0 saturated heterocycles. The molecule has 3 N–H and O–H groups in total. The lowest BCUT2D eigenvalue weighted by Crippen LogP contribution is -2.29. The number of carbonyl (C=O) groups excluding carboxylic acids is 1. The Kier molecular flexibility index (Phi) is 4.39. The van der Waals surface area contributed by atoms with Crippen LogP contribution in [0.25, 0.3) is 0 Å². The van der Waals surface area contributed by atoms with Crippen molar-refractivity contribution < 1.29 is 14.7 Å². The number of nitrogen functional groups attached to an aromatic ring is 1. The van der Waals surface area contributed by atoms with Gasteiger partial charge in [0.05, 0.1) is 17.0 Å². The molecule has 0 aliphatic heterocycles. The summed E-state index contributed by atoms with van der Waals surface area (Å²) in [5.74, 6) is -0.944. The Hall–Kier alpha value is -1.69. The topological polar surface area (TPSA) is 83.6 Å². The van der Waals surface area contributed by atoms with Crippen molar-refractivity contribution in [2.45, 2.75) is 0 Å². The van der Waals surface area contributed by atoms with Crippen molar-refractivity contribution in [1.82, 2.24) is 0 Å². The van der Waals surface area contributed by atoms with E-state index < -0.39 is 5.97 Å². The van der Waals surface area contributed by atoms with E-state index in [9.17, 15) is 9.59 Å². The highest BCUT2D eigenvalue weighted by atomic mass is 32.2. The van der Waals surface area contributed by atoms with Crippen LogP contribution in [0.1, 0.15) is 10.4 Å². The van der Waals surface area contributed by atoms with Crippen LogP contribution in [0.5, 0.6) is 0 Å². The summed E-state index contributed by atoms with van der Waals surface area (Å²) >= 11 is 1.39. The first-order valence-electron chi connectivity index (χ1n) is 4.85. The molecule has 0 atom stereocenters. The second-order valence-corrected chi connectivity index (χ2v) is 4.33. The minimum absolute atomic E-state index is 0.0296. The molecule has 0 aliphatic rings. The number of thioether (sulfide) groups is 1. The lowest BCUT2D eigenvalue weighted by atomic mass is 10.1. The number of nitrogens with two attached hydrogens (primary N) is 1. The first-order valence-corrected chi connectivity index (χ1v) is 6.25. The molecule has 0 fully saturated rings. The fraction of sp³-hybridized carbons (Fsp3) is 0.273. The zero-order valence-corrected chi connectivity index (χ0v) is 10.5. The van der Waals surface area contributed by atoms with E-state index in [-0.39, 0.29) is 11.5 Å². The summed E-state index contributed by atoms with van der Waals surface area (Å²) < 4.78 is 0. The number of hydrogen-bond acceptors (Lipinski definition) is 4. The number of aromatic carboxylic acids is 1. The summed E-state index contributed by atoms with van der Waals surface area (Å²) in [5, 5.41) is 9.05. The molecular weight excluding hydrogens is 240 g/mol. The predicted octanol–water partition coefficient (Wildman–Crippen LogP) is 1.29. The van der Waals surface area contributed by atoms with Crippen LogP contribution in [0.15, 0.2) is 18.2 Å². The summed E-state index contributed by atoms with van der Waals surface area (Å²) in [5.41, 5.74) is 6.27. The standard InChI is InChI=1S/C11H14N2O3S/c1-13(10(14)6-17-2)9-4-3-7(12)5-8(9)11(15)16/h3-5H,6,12H2,1-2H3,(H,15,16). The quantitative estimate of drug-likeness (QED) is 0.791. The zero-order valence-electron chi connectivity index (χ0n) is 9.64. The second-order valence-electron chi connectivity index (χ2n) is 3.47. The minimum Gasteiger partial charge on any atom is -0.478 e. The third-order valence-electron chi connectivity index (χ3n) is 2.25. The Morgan fingerprint density at radius 2 is 2.12 bits per heavy atom. The first-order chi connectivity index (χ1) is 7.97. The Bertz CT molecular complexity index is 448. The van der Waals surface area contributed by atoms with Crippen LogP contribution >= 0.6 is 11.8 Å². The van der Waals surface area contributed by atoms with Crippen molar-refractivity contribution in [2.75, 3.05) is 29.7 Å². The molecule has 0 heterocycles. The van der Waals surface area contributed by atoms with Gasteiger partial charge in [0.15, 0.2) is 0 Å². The lowest BCUT2D eigenvalue weighted by Gasteiger charge is -2.19. The van der Waals surface area contributed by atoms with Crippen molar-refractivity contribution >= 4 is 35.0 Å². The van der Waals surface area contributed by atoms with Crippen LogP contribution in [0.3, 0.4) is 0 Å². The molecule has 5 nitrogen and oxygen atoms in total. The van der Waals surface area contributed by atoms with Gasteiger partial charge < -0.3 is 15.7 Å². The number of nitrogens with zero attached hydrogens (tertiary/aromatic N) is 1. The van der Waals surface area contributed by atoms with E-state index in [0.717, 1.165) is 0 Å². The number of anilines is 2. The minimum atomic E-state index is -1.10. The van der Waals surface area contributed by atoms with Gasteiger partial charge in [-0.25, -0.2) is 4.79 Å². The Labute approximate surface area is 104 Å². The van der Waals surface area contributed by atoms with Gasteiger partial charge in [0.1, 0.15) is 0 Å². The molecule has 92 valence electrons. The van der Waals surface area contributed by atoms with Gasteiger partial charge in [-0.15, -0.1) is 0 Å². The normalized spacial score (nSPS) is 10.0. The van der Waals surface area contributed by atoms with Gasteiger partial charge in [0.2, 0.25) is 5.91 Å². The van der Waals surface area contributed by atoms with Crippen LogP contribution in [0, 0.1) is 0 Å². The predicted molar refractivity (Wildman–Crippen MR) is 69.6 cm³/mol. The zero-order chi connectivity index (χ0) is 13.0. The van der Waals surface area contributed by atoms with E-state index >= 15 is 0 Å². The van der Waals surface area contributed by atoms with Crippen LogP contribution in [-0.2, 0) is 4.79 Å². The number of amides is 1. The van der Waals surface area contributed by atoms with Crippen LogP contribution in [-0.4, -0.2) is 36.0 Å². The van der Waals surface area contributed by atoms with Crippen molar-refractivity contribution in [3.63, 3.8) is 0 Å². The molecule has 0 unspecified atom stereocenters. The number of carboxylic acid groups (broad SMARTS) is 1. The van der Waals surface area contributed by atoms with Gasteiger partial charge in [-0.05, 0) is 24.5 Å². The molecular formula is C11H14N2O3S. The van der Waals surface area contributed by atoms with Crippen LogP contribution in [0.4, 0.5) is 11.4 Å². The summed E-state index contributed by atoms with van der Waals surface area (Å²) in [4.78, 5) is 24.1. The molecule has 0 aliphatic carbocycles. The molecule has 0 bridgehead atoms. The summed E-state index contributed by atoms with van der Waals surface area (Å²) in [6.45, 7) is 0. The third kappa shape index (κ3) is 3.13. The molecule has 6 heteroatoms. The second kappa shape index (κ2) is 5.58. The average molecular weight is 254 g/mol. The summed E-state index contributed by atoms with van der Waals surface area (Å²) in [6.07, 6.45) is 1.81. The highest BCUT2D eigenvalue weighted by Crippen LogP contribution is 2.22. The first kappa shape index (κ1) is 13.4. The molecule has 0 saturated carbocycles. The maximum atomic E-state index is 11.7. The number of carbonyl (C=O) groups is 2. The van der Waals surface area contributed by atoms with Crippen molar-refractivity contribution in [3.8, 4) is 0 Å². The van der Waals surface area contributed by atoms with E-state index in [2.05, 4.69) is 0 Å². The maximum Gasteiger partial charge on any atom is 0.337 e. The molecule has 0 aromatic heterocycles. The SMILES string of the molecule is CSCC(=O)N(C)c1ccc(N)cc1C(=O)O. The molecule has 17 heavy (non-hydrogen) atoms. The van der Waals surface area contributed by atoms with E-state index in [4.69, 9.17) is 10.8 Å². The Morgan fingerprint density at radius 3 is 2.65 bits per heavy atom. The Balaban J connectivity index is 3.12. The number of hydrogen-bond donors (Lipinski definition) is 2. The van der Waals surface area contributed by atoms with Gasteiger partial charge >= 0.3 is 5.97 Å². The fourth-order valence-corrected chi connectivity index (χ4v) is 1.81. The maximum absolute atomic E-state index is 11.7. The van der Waals surface area contributed by atoms with Crippen molar-refractivity contribution in [3.05, 3.63) is 23.8 Å². The van der Waals surface area contributed by atoms with Crippen LogP contribution < -0.4 is 10.6 Å². The van der Waals surface area contributed by atoms with E-state index in [1.165, 1.54) is 28.8 Å². The van der Waals surface area contributed by atoms with Gasteiger partial charge in [0, 0.05) is 12.7 Å². The molecule has 1 rings (SSSR count). The molecule has 0 spiro atoms. The van der Waals surface area contributed by atoms with Crippen molar-refractivity contribution in [1.29, 1.82) is 0 Å². The van der Waals surface area contributed by atoms with Gasteiger partial charge in [-0.1, -0.05) is 0 Å². The van der Waals surface area contributed by atoms with E-state index in [0.29, 0.717) is 17.1 Å². The molecule has 1 amide bonds. The van der Waals surface area contributed by atoms with E-state index in [1.54, 1.807) is 13.1 Å². The monoisotopic (exact) mass is 254 g/mol. The fourth-order valence-electron chi connectivity index (χ4n) is 1.37. The van der Waals surface area contributed by atoms with Crippen molar-refractivity contribution in [2.24, 2.45) is 0 Å². The molecule has 0 radical (unpaired) electrons. The summed E-state index contributed by atoms with van der Waals surface area (Å²) in [6, 6.07) is 4.46. The van der Waals surface area contributed by atoms with Crippen LogP contribution in [0.2, 0.25) is 0 Å². The number of rotatable bonds is 4. The lowest BCUT2D eigenvalue weighted by molar-refractivity contribution is -0.115. The smallest absolute Gasteiger partial charge is 0.337 e. The van der Waals surface area contributed by atoms with Gasteiger partial charge in [0.25, 0.3) is 0 Å². The number of carboxylic acids is 1. The average Bonchev–Trinajstić information content (AvgIpc) is 2.28. The summed E-state index contributed by atoms with van der Waals surface area (Å²) in [7, 11) is 1.55. The third-order valence-corrected chi connectivity index (χ3v) is 2.79. The molecule has 1 aromatic rings. The number of benzene rings is 1. The molecule has 1 aromatic carbocycles. The van der Waals surface area contributed by atoms with Gasteiger partial charge in [-0.2, -0.15) is 11.8 Å². The largest absolute Gasteiger partial charge is 0.478 e. The highest BCUT2D eigenvalue weighted by Gasteiger charge is 2.17. The highest BCUT2D eigenvalue weighted by molar-refractivity contribution is 7.99.